The van der Waals surface area contributed by atoms with Crippen LogP contribution in [0.3, 0.4) is 0 Å². The Bertz CT molecular complexity index is 484. The van der Waals surface area contributed by atoms with Crippen LogP contribution in [0.5, 0.6) is 0 Å². The van der Waals surface area contributed by atoms with Gasteiger partial charge in [0.2, 0.25) is 5.13 Å². The summed E-state index contributed by atoms with van der Waals surface area (Å²) in [6.45, 7) is 6.40. The third-order valence-corrected chi connectivity index (χ3v) is 3.44. The molecule has 0 saturated carbocycles. The van der Waals surface area contributed by atoms with E-state index in [4.69, 9.17) is 0 Å². The Labute approximate surface area is 112 Å². The minimum atomic E-state index is 0.794. The van der Waals surface area contributed by atoms with E-state index in [1.165, 1.54) is 5.69 Å². The highest BCUT2D eigenvalue weighted by atomic mass is 32.1. The molecule has 0 radical (unpaired) electrons. The van der Waals surface area contributed by atoms with Crippen LogP contribution >= 0.6 is 11.3 Å². The predicted octanol–water partition coefficient (Wildman–Crippen LogP) is 3.74. The summed E-state index contributed by atoms with van der Waals surface area (Å²) in [7, 11) is 0. The zero-order chi connectivity index (χ0) is 12.8. The van der Waals surface area contributed by atoms with Gasteiger partial charge in [-0.3, -0.25) is 0 Å². The van der Waals surface area contributed by atoms with Crippen molar-refractivity contribution in [1.29, 1.82) is 0 Å². The van der Waals surface area contributed by atoms with Gasteiger partial charge < -0.3 is 4.90 Å². The molecule has 2 rings (SSSR count). The van der Waals surface area contributed by atoms with Crippen LogP contribution in [0.4, 0.5) is 10.8 Å². The first-order valence-electron chi connectivity index (χ1n) is 6.12. The minimum absolute atomic E-state index is 0.794. The summed E-state index contributed by atoms with van der Waals surface area (Å²) >= 11 is 1.54. The Morgan fingerprint density at radius 3 is 2.50 bits per heavy atom. The summed E-state index contributed by atoms with van der Waals surface area (Å²) < 4.78 is 0. The van der Waals surface area contributed by atoms with Crippen molar-refractivity contribution >= 4 is 28.4 Å². The number of aliphatic imine (C=N–C) groups is 1. The molecule has 94 valence electrons. The molecule has 0 atom stereocenters. The number of hydrogen-bond acceptors (Lipinski definition) is 4. The molecule has 0 bridgehead atoms. The van der Waals surface area contributed by atoms with Crippen molar-refractivity contribution in [2.24, 2.45) is 4.99 Å². The second-order valence-corrected chi connectivity index (χ2v) is 4.71. The topological polar surface area (TPSA) is 28.5 Å². The van der Waals surface area contributed by atoms with Gasteiger partial charge in [-0.15, -0.1) is 11.3 Å². The van der Waals surface area contributed by atoms with E-state index in [2.05, 4.69) is 53.0 Å². The molecule has 1 aromatic heterocycles. The number of nitrogens with zero attached hydrogens (tertiary/aromatic N) is 3. The van der Waals surface area contributed by atoms with Crippen LogP contribution in [0.2, 0.25) is 0 Å². The van der Waals surface area contributed by atoms with E-state index in [0.29, 0.717) is 0 Å². The van der Waals surface area contributed by atoms with Crippen LogP contribution in [0, 0.1) is 0 Å². The van der Waals surface area contributed by atoms with Crippen LogP contribution in [-0.2, 0) is 0 Å². The molecule has 0 N–H and O–H groups in total. The maximum Gasteiger partial charge on any atom is 0.208 e. The van der Waals surface area contributed by atoms with E-state index in [1.807, 2.05) is 11.6 Å². The van der Waals surface area contributed by atoms with Gasteiger partial charge in [0, 0.05) is 36.6 Å². The van der Waals surface area contributed by atoms with Crippen LogP contribution in [0.15, 0.2) is 40.8 Å². The molecule has 18 heavy (non-hydrogen) atoms. The molecule has 0 fully saturated rings. The van der Waals surface area contributed by atoms with E-state index in [9.17, 15) is 0 Å². The lowest BCUT2D eigenvalue weighted by atomic mass is 10.2. The van der Waals surface area contributed by atoms with Crippen molar-refractivity contribution in [3.8, 4) is 0 Å². The van der Waals surface area contributed by atoms with Crippen LogP contribution in [-0.4, -0.2) is 24.3 Å². The average molecular weight is 259 g/mol. The van der Waals surface area contributed by atoms with Gasteiger partial charge in [-0.25, -0.2) is 9.98 Å². The Balaban J connectivity index is 2.08. The van der Waals surface area contributed by atoms with Gasteiger partial charge in [0.25, 0.3) is 0 Å². The maximum atomic E-state index is 4.32. The SMILES string of the molecule is CCN(CC)c1ccc(/C=N/c2nccs2)cc1. The van der Waals surface area contributed by atoms with Crippen LogP contribution in [0.25, 0.3) is 0 Å². The van der Waals surface area contributed by atoms with Crippen LogP contribution < -0.4 is 4.90 Å². The lowest BCUT2D eigenvalue weighted by Crippen LogP contribution is -2.21. The monoisotopic (exact) mass is 259 g/mol. The van der Waals surface area contributed by atoms with Crippen molar-refractivity contribution in [1.82, 2.24) is 4.98 Å². The average Bonchev–Trinajstić information content (AvgIpc) is 2.92. The van der Waals surface area contributed by atoms with E-state index in [-0.39, 0.29) is 0 Å². The fourth-order valence-corrected chi connectivity index (χ4v) is 2.25. The summed E-state index contributed by atoms with van der Waals surface area (Å²) in [4.78, 5) is 10.8. The summed E-state index contributed by atoms with van der Waals surface area (Å²) in [5.74, 6) is 0. The summed E-state index contributed by atoms with van der Waals surface area (Å²) in [6.07, 6.45) is 3.62. The molecule has 0 aliphatic heterocycles. The molecule has 2 aromatic rings. The van der Waals surface area contributed by atoms with Crippen molar-refractivity contribution < 1.29 is 0 Å². The Morgan fingerprint density at radius 1 is 1.22 bits per heavy atom. The molecule has 0 unspecified atom stereocenters. The molecule has 1 heterocycles. The zero-order valence-corrected chi connectivity index (χ0v) is 11.5. The normalized spacial score (nSPS) is 11.0. The summed E-state index contributed by atoms with van der Waals surface area (Å²) in [5.41, 5.74) is 2.35. The van der Waals surface area contributed by atoms with Gasteiger partial charge >= 0.3 is 0 Å². The third kappa shape index (κ3) is 3.17. The van der Waals surface area contributed by atoms with E-state index in [1.54, 1.807) is 17.5 Å². The molecule has 0 amide bonds. The number of rotatable bonds is 5. The minimum Gasteiger partial charge on any atom is -0.372 e. The molecule has 4 heteroatoms. The molecule has 1 aromatic carbocycles. The van der Waals surface area contributed by atoms with Gasteiger partial charge in [0.15, 0.2) is 0 Å². The highest BCUT2D eigenvalue weighted by Gasteiger charge is 2.00. The van der Waals surface area contributed by atoms with Crippen molar-refractivity contribution in [3.63, 3.8) is 0 Å². The van der Waals surface area contributed by atoms with Crippen molar-refractivity contribution in [2.45, 2.75) is 13.8 Å². The summed E-state index contributed by atoms with van der Waals surface area (Å²) in [6, 6.07) is 8.45. The second-order valence-electron chi connectivity index (χ2n) is 3.84. The van der Waals surface area contributed by atoms with Gasteiger partial charge in [0.1, 0.15) is 0 Å². The van der Waals surface area contributed by atoms with E-state index in [0.717, 1.165) is 23.8 Å². The Morgan fingerprint density at radius 2 is 1.94 bits per heavy atom. The predicted molar refractivity (Wildman–Crippen MR) is 79.4 cm³/mol. The van der Waals surface area contributed by atoms with Crippen molar-refractivity contribution in [2.75, 3.05) is 18.0 Å². The molecule has 0 aliphatic carbocycles. The van der Waals surface area contributed by atoms with Crippen LogP contribution in [0.1, 0.15) is 19.4 Å². The number of anilines is 1. The zero-order valence-electron chi connectivity index (χ0n) is 10.7. The number of benzene rings is 1. The molecular formula is C14H17N3S. The highest BCUT2D eigenvalue weighted by molar-refractivity contribution is 7.13. The quantitative estimate of drug-likeness (QED) is 0.765. The van der Waals surface area contributed by atoms with Gasteiger partial charge in [-0.2, -0.15) is 0 Å². The standard InChI is InChI=1S/C14H17N3S/c1-3-17(4-2)13-7-5-12(6-8-13)11-16-14-15-9-10-18-14/h5-11H,3-4H2,1-2H3/b16-11+. The largest absolute Gasteiger partial charge is 0.372 e. The van der Waals surface area contributed by atoms with Gasteiger partial charge in [-0.05, 0) is 31.5 Å². The van der Waals surface area contributed by atoms with Gasteiger partial charge in [-0.1, -0.05) is 12.1 Å². The fraction of sp³-hybridized carbons (Fsp3) is 0.286. The number of thiazole rings is 1. The Kier molecular flexibility index (Phi) is 4.47. The first kappa shape index (κ1) is 12.8. The number of aromatic nitrogens is 1. The van der Waals surface area contributed by atoms with Gasteiger partial charge in [0.05, 0.1) is 0 Å². The van der Waals surface area contributed by atoms with Crippen molar-refractivity contribution in [3.05, 3.63) is 41.4 Å². The Hall–Kier alpha value is -1.68. The lowest BCUT2D eigenvalue weighted by molar-refractivity contribution is 0.866. The first-order chi connectivity index (χ1) is 8.83. The smallest absolute Gasteiger partial charge is 0.208 e. The molecule has 3 nitrogen and oxygen atoms in total. The lowest BCUT2D eigenvalue weighted by Gasteiger charge is -2.20. The molecule has 0 spiro atoms. The molecule has 0 saturated heterocycles. The number of hydrogen-bond donors (Lipinski definition) is 0. The summed E-state index contributed by atoms with van der Waals surface area (Å²) in [5, 5.41) is 2.72. The molecular weight excluding hydrogens is 242 g/mol. The highest BCUT2D eigenvalue weighted by Crippen LogP contribution is 2.16. The van der Waals surface area contributed by atoms with E-state index < -0.39 is 0 Å². The third-order valence-electron chi connectivity index (χ3n) is 2.77. The van der Waals surface area contributed by atoms with E-state index >= 15 is 0 Å². The second kappa shape index (κ2) is 6.31. The molecule has 0 aliphatic rings. The maximum absolute atomic E-state index is 4.32. The first-order valence-corrected chi connectivity index (χ1v) is 7.00. The fourth-order valence-electron chi connectivity index (χ4n) is 1.77.